The highest BCUT2D eigenvalue weighted by molar-refractivity contribution is 6.46. The topological polar surface area (TPSA) is 79.7 Å². The van der Waals surface area contributed by atoms with Gasteiger partial charge in [-0.1, -0.05) is 0 Å². The minimum absolute atomic E-state index is 0.0120. The molecule has 2 heterocycles. The highest BCUT2D eigenvalue weighted by Crippen LogP contribution is 2.39. The molecular formula is C23H25FN2O4. The molecule has 1 N–H and O–H groups in total. The molecule has 7 heteroatoms. The molecule has 3 rings (SSSR count). The van der Waals surface area contributed by atoms with Gasteiger partial charge < -0.3 is 14.7 Å². The summed E-state index contributed by atoms with van der Waals surface area (Å²) in [5.74, 6) is -2.18. The lowest BCUT2D eigenvalue weighted by Gasteiger charge is -2.25. The number of ketones is 1. The van der Waals surface area contributed by atoms with E-state index in [1.165, 1.54) is 23.1 Å². The summed E-state index contributed by atoms with van der Waals surface area (Å²) in [5, 5.41) is 10.9. The van der Waals surface area contributed by atoms with Crippen molar-refractivity contribution in [1.82, 2.24) is 9.88 Å². The molecule has 1 fully saturated rings. The number of ether oxygens (including phenoxy) is 1. The first-order valence-electron chi connectivity index (χ1n) is 9.87. The average Bonchev–Trinajstić information content (AvgIpc) is 2.98. The van der Waals surface area contributed by atoms with Crippen molar-refractivity contribution in [3.63, 3.8) is 0 Å². The first-order valence-corrected chi connectivity index (χ1v) is 9.87. The number of carbonyl (C=O) groups excluding carboxylic acids is 2. The Bertz CT molecular complexity index is 972. The number of halogens is 1. The number of likely N-dealkylation sites (tertiary alicyclic amines) is 1. The number of benzene rings is 1. The van der Waals surface area contributed by atoms with Gasteiger partial charge in [0.05, 0.1) is 17.7 Å². The molecule has 0 saturated carbocycles. The fourth-order valence-corrected chi connectivity index (χ4v) is 3.50. The minimum Gasteiger partial charge on any atom is -0.507 e. The van der Waals surface area contributed by atoms with Crippen LogP contribution in [0.2, 0.25) is 0 Å². The number of nitrogens with zero attached hydrogens (tertiary/aromatic N) is 2. The second-order valence-corrected chi connectivity index (χ2v) is 7.51. The van der Waals surface area contributed by atoms with Gasteiger partial charge in [0, 0.05) is 31.1 Å². The van der Waals surface area contributed by atoms with Crippen LogP contribution in [0.4, 0.5) is 4.39 Å². The highest BCUT2D eigenvalue weighted by Gasteiger charge is 2.45. The van der Waals surface area contributed by atoms with Gasteiger partial charge in [-0.15, -0.1) is 0 Å². The molecule has 1 aromatic carbocycles. The lowest BCUT2D eigenvalue weighted by Crippen LogP contribution is -2.31. The van der Waals surface area contributed by atoms with Crippen LogP contribution in [-0.2, 0) is 14.3 Å². The second kappa shape index (κ2) is 9.17. The smallest absolute Gasteiger partial charge is 0.295 e. The number of rotatable bonds is 7. The molecule has 1 amide bonds. The quantitative estimate of drug-likeness (QED) is 0.324. The molecule has 0 radical (unpaired) electrons. The SMILES string of the molecule is Cc1cc(/C(O)=C2/C(=O)C(=O)N(CCCOC(C)C)C2c2ccncc2)ccc1F. The monoisotopic (exact) mass is 412 g/mol. The molecule has 1 aromatic heterocycles. The van der Waals surface area contributed by atoms with Crippen LogP contribution in [0.3, 0.4) is 0 Å². The van der Waals surface area contributed by atoms with E-state index in [9.17, 15) is 19.1 Å². The Morgan fingerprint density at radius 3 is 2.57 bits per heavy atom. The van der Waals surface area contributed by atoms with Gasteiger partial charge in [-0.3, -0.25) is 14.6 Å². The van der Waals surface area contributed by atoms with Crippen molar-refractivity contribution >= 4 is 17.4 Å². The summed E-state index contributed by atoms with van der Waals surface area (Å²) < 4.78 is 19.2. The first-order chi connectivity index (χ1) is 14.3. The third-order valence-electron chi connectivity index (χ3n) is 4.99. The van der Waals surface area contributed by atoms with E-state index >= 15 is 0 Å². The van der Waals surface area contributed by atoms with Crippen LogP contribution in [0.15, 0.2) is 48.3 Å². The van der Waals surface area contributed by atoms with E-state index in [4.69, 9.17) is 4.74 Å². The number of hydrogen-bond acceptors (Lipinski definition) is 5. The summed E-state index contributed by atoms with van der Waals surface area (Å²) in [5.41, 5.74) is 1.27. The Kier molecular flexibility index (Phi) is 6.62. The molecule has 158 valence electrons. The van der Waals surface area contributed by atoms with Gasteiger partial charge in [-0.2, -0.15) is 0 Å². The molecule has 1 unspecified atom stereocenters. The number of pyridine rings is 1. The standard InChI is InChI=1S/C23H25FN2O4/c1-14(2)30-12-4-11-26-20(16-7-9-25-10-8-16)19(22(28)23(26)29)21(27)17-5-6-18(24)15(3)13-17/h5-10,13-14,20,27H,4,11-12H2,1-3H3/b21-19-. The van der Waals surface area contributed by atoms with Crippen LogP contribution in [0.25, 0.3) is 5.76 Å². The predicted molar refractivity (Wildman–Crippen MR) is 110 cm³/mol. The summed E-state index contributed by atoms with van der Waals surface area (Å²) in [6.45, 7) is 6.16. The molecule has 6 nitrogen and oxygen atoms in total. The Balaban J connectivity index is 2.02. The molecule has 30 heavy (non-hydrogen) atoms. The minimum atomic E-state index is -0.763. The van der Waals surface area contributed by atoms with Crippen LogP contribution in [-0.4, -0.2) is 45.9 Å². The van der Waals surface area contributed by atoms with Gasteiger partial charge in [0.15, 0.2) is 0 Å². The summed E-state index contributed by atoms with van der Waals surface area (Å²) >= 11 is 0. The van der Waals surface area contributed by atoms with Crippen LogP contribution < -0.4 is 0 Å². The predicted octanol–water partition coefficient (Wildman–Crippen LogP) is 3.77. The zero-order chi connectivity index (χ0) is 21.8. The van der Waals surface area contributed by atoms with E-state index < -0.39 is 23.5 Å². The van der Waals surface area contributed by atoms with E-state index in [1.807, 2.05) is 13.8 Å². The Morgan fingerprint density at radius 1 is 1.23 bits per heavy atom. The van der Waals surface area contributed by atoms with E-state index in [0.717, 1.165) is 0 Å². The van der Waals surface area contributed by atoms with E-state index in [0.29, 0.717) is 30.7 Å². The summed E-state index contributed by atoms with van der Waals surface area (Å²) in [7, 11) is 0. The number of amides is 1. The van der Waals surface area contributed by atoms with Crippen LogP contribution >= 0.6 is 0 Å². The van der Waals surface area contributed by atoms with Gasteiger partial charge in [0.25, 0.3) is 11.7 Å². The molecule has 0 aliphatic carbocycles. The van der Waals surface area contributed by atoms with Crippen molar-refractivity contribution in [3.8, 4) is 0 Å². The number of aromatic nitrogens is 1. The van der Waals surface area contributed by atoms with E-state index in [1.54, 1.807) is 31.5 Å². The molecule has 1 atom stereocenters. The fourth-order valence-electron chi connectivity index (χ4n) is 3.50. The van der Waals surface area contributed by atoms with Crippen molar-refractivity contribution in [2.24, 2.45) is 0 Å². The number of aliphatic hydroxyl groups excluding tert-OH is 1. The molecule has 1 aliphatic heterocycles. The fraction of sp³-hybridized carbons (Fsp3) is 0.348. The van der Waals surface area contributed by atoms with Gasteiger partial charge in [-0.25, -0.2) is 4.39 Å². The molecule has 1 saturated heterocycles. The van der Waals surface area contributed by atoms with Crippen molar-refractivity contribution in [3.05, 3.63) is 70.8 Å². The van der Waals surface area contributed by atoms with Crippen LogP contribution in [0.1, 0.15) is 43.0 Å². The number of carbonyl (C=O) groups is 2. The summed E-state index contributed by atoms with van der Waals surface area (Å²) in [6.07, 6.45) is 3.75. The zero-order valence-electron chi connectivity index (χ0n) is 17.3. The molecule has 0 bridgehead atoms. The molecule has 1 aliphatic rings. The highest BCUT2D eigenvalue weighted by atomic mass is 19.1. The molecule has 0 spiro atoms. The van der Waals surface area contributed by atoms with Crippen molar-refractivity contribution < 1.29 is 23.8 Å². The number of hydrogen-bond donors (Lipinski definition) is 1. The normalized spacial score (nSPS) is 18.4. The summed E-state index contributed by atoms with van der Waals surface area (Å²) in [4.78, 5) is 31.1. The Morgan fingerprint density at radius 2 is 1.93 bits per heavy atom. The second-order valence-electron chi connectivity index (χ2n) is 7.51. The number of aliphatic hydroxyl groups is 1. The third kappa shape index (κ3) is 4.41. The van der Waals surface area contributed by atoms with Crippen LogP contribution in [0, 0.1) is 12.7 Å². The van der Waals surface area contributed by atoms with Crippen LogP contribution in [0.5, 0.6) is 0 Å². The first kappa shape index (κ1) is 21.6. The van der Waals surface area contributed by atoms with Gasteiger partial charge in [-0.05, 0) is 68.7 Å². The number of aryl methyl sites for hydroxylation is 1. The Hall–Kier alpha value is -3.06. The summed E-state index contributed by atoms with van der Waals surface area (Å²) in [6, 6.07) is 6.74. The lowest BCUT2D eigenvalue weighted by molar-refractivity contribution is -0.140. The van der Waals surface area contributed by atoms with E-state index in [2.05, 4.69) is 4.98 Å². The van der Waals surface area contributed by atoms with Crippen molar-refractivity contribution in [1.29, 1.82) is 0 Å². The largest absolute Gasteiger partial charge is 0.507 e. The van der Waals surface area contributed by atoms with Crippen molar-refractivity contribution in [2.45, 2.75) is 39.3 Å². The average molecular weight is 412 g/mol. The maximum Gasteiger partial charge on any atom is 0.295 e. The maximum atomic E-state index is 13.7. The Labute approximate surface area is 175 Å². The van der Waals surface area contributed by atoms with Gasteiger partial charge in [0.1, 0.15) is 11.6 Å². The third-order valence-corrected chi connectivity index (χ3v) is 4.99. The van der Waals surface area contributed by atoms with E-state index in [-0.39, 0.29) is 23.0 Å². The molecular weight excluding hydrogens is 387 g/mol. The van der Waals surface area contributed by atoms with Gasteiger partial charge >= 0.3 is 0 Å². The van der Waals surface area contributed by atoms with Crippen molar-refractivity contribution in [2.75, 3.05) is 13.2 Å². The maximum absolute atomic E-state index is 13.7. The lowest BCUT2D eigenvalue weighted by atomic mass is 9.95. The van der Waals surface area contributed by atoms with Gasteiger partial charge in [0.2, 0.25) is 0 Å². The number of Topliss-reactive ketones (excluding diaryl/α,β-unsaturated/α-hetero) is 1. The zero-order valence-corrected chi connectivity index (χ0v) is 17.3. The molecule has 2 aromatic rings.